The molecule has 0 aliphatic carbocycles. The van der Waals surface area contributed by atoms with Gasteiger partial charge in [-0.1, -0.05) is 0 Å². The maximum absolute atomic E-state index is 12.8. The normalized spacial score (nSPS) is 45.7. The fourth-order valence-corrected chi connectivity index (χ4v) is 7.00. The molecule has 4 saturated heterocycles. The number of nitrogens with one attached hydrogen (secondary N) is 2. The topological polar surface area (TPSA) is 403 Å². The fraction of sp³-hybridized carbons (Fsp3) is 0.903. The van der Waals surface area contributed by atoms with Gasteiger partial charge in [0.25, 0.3) is 5.79 Å². The highest BCUT2D eigenvalue weighted by molar-refractivity contribution is 5.76. The van der Waals surface area contributed by atoms with E-state index in [1.807, 2.05) is 0 Å². The van der Waals surface area contributed by atoms with Gasteiger partial charge < -0.3 is 110 Å². The second-order valence-electron chi connectivity index (χ2n) is 14.0. The second kappa shape index (κ2) is 19.1. The molecule has 0 aromatic carbocycles. The van der Waals surface area contributed by atoms with Gasteiger partial charge in [0.15, 0.2) is 18.9 Å². The molecular weight excluding hydrogens is 768 g/mol. The van der Waals surface area contributed by atoms with Gasteiger partial charge in [0.05, 0.1) is 38.1 Å². The molecule has 56 heavy (non-hydrogen) atoms. The lowest BCUT2D eigenvalue weighted by atomic mass is 9.88. The third-order valence-electron chi connectivity index (χ3n) is 9.94. The van der Waals surface area contributed by atoms with Crippen LogP contribution in [0.2, 0.25) is 0 Å². The number of carbonyl (C=O) groups is 3. The summed E-state index contributed by atoms with van der Waals surface area (Å²) in [4.78, 5) is 36.9. The molecule has 4 aliphatic rings. The number of rotatable bonds is 14. The van der Waals surface area contributed by atoms with E-state index in [2.05, 4.69) is 10.6 Å². The Morgan fingerprint density at radius 3 is 1.86 bits per heavy atom. The van der Waals surface area contributed by atoms with Crippen LogP contribution < -0.4 is 10.6 Å². The number of amides is 2. The molecule has 0 bridgehead atoms. The van der Waals surface area contributed by atoms with E-state index < -0.39 is 172 Å². The van der Waals surface area contributed by atoms with Gasteiger partial charge >= 0.3 is 5.97 Å². The summed E-state index contributed by atoms with van der Waals surface area (Å²) in [5, 5.41) is 142. The molecule has 25 nitrogen and oxygen atoms in total. The van der Waals surface area contributed by atoms with Gasteiger partial charge in [-0.2, -0.15) is 0 Å². The van der Waals surface area contributed by atoms with E-state index in [0.29, 0.717) is 0 Å². The number of aliphatic hydroxyl groups excluding tert-OH is 12. The Hall–Kier alpha value is -2.35. The zero-order valence-electron chi connectivity index (χ0n) is 30.3. The van der Waals surface area contributed by atoms with Crippen LogP contribution in [-0.2, 0) is 47.5 Å². The minimum atomic E-state index is -3.10. The van der Waals surface area contributed by atoms with Crippen LogP contribution in [0.4, 0.5) is 0 Å². The summed E-state index contributed by atoms with van der Waals surface area (Å²) in [6.07, 6.45) is -34.7. The highest BCUT2D eigenvalue weighted by Gasteiger charge is 2.60. The molecular formula is C31H52N2O23. The molecule has 0 aromatic heterocycles. The molecule has 0 aromatic rings. The molecule has 0 radical (unpaired) electrons. The first-order valence-electron chi connectivity index (χ1n) is 17.6. The van der Waals surface area contributed by atoms with Crippen molar-refractivity contribution in [3.8, 4) is 0 Å². The summed E-state index contributed by atoms with van der Waals surface area (Å²) in [5.41, 5.74) is 0. The number of carboxylic acid groups (broad SMARTS) is 1. The van der Waals surface area contributed by atoms with Crippen molar-refractivity contribution in [2.75, 3.05) is 19.8 Å². The van der Waals surface area contributed by atoms with Crippen molar-refractivity contribution >= 4 is 17.8 Å². The third kappa shape index (κ3) is 9.74. The van der Waals surface area contributed by atoms with Gasteiger partial charge in [0.1, 0.15) is 85.4 Å². The second-order valence-corrected chi connectivity index (χ2v) is 14.0. The van der Waals surface area contributed by atoms with Gasteiger partial charge in [-0.15, -0.1) is 0 Å². The highest BCUT2D eigenvalue weighted by Crippen LogP contribution is 2.38. The molecule has 4 aliphatic heterocycles. The van der Waals surface area contributed by atoms with E-state index in [1.165, 1.54) is 6.92 Å². The van der Waals surface area contributed by atoms with Crippen LogP contribution in [-0.4, -0.2) is 232 Å². The van der Waals surface area contributed by atoms with Crippen molar-refractivity contribution in [2.45, 2.75) is 155 Å². The number of ether oxygens (including phenoxy) is 7. The van der Waals surface area contributed by atoms with Crippen molar-refractivity contribution in [3.63, 3.8) is 0 Å². The Kier molecular flexibility index (Phi) is 15.8. The van der Waals surface area contributed by atoms with Crippen molar-refractivity contribution < 1.29 is 114 Å². The number of aliphatic hydroxyl groups is 12. The molecule has 0 spiro atoms. The smallest absolute Gasteiger partial charge is 0.364 e. The van der Waals surface area contributed by atoms with Crippen molar-refractivity contribution in [1.82, 2.24) is 10.6 Å². The molecule has 4 rings (SSSR count). The van der Waals surface area contributed by atoms with Gasteiger partial charge in [-0.05, 0) is 6.92 Å². The highest BCUT2D eigenvalue weighted by atomic mass is 16.8. The van der Waals surface area contributed by atoms with Crippen LogP contribution in [0.25, 0.3) is 0 Å². The third-order valence-corrected chi connectivity index (χ3v) is 9.94. The van der Waals surface area contributed by atoms with Crippen molar-refractivity contribution in [3.05, 3.63) is 0 Å². The minimum absolute atomic E-state index is 0.774. The number of aliphatic carboxylic acids is 1. The first-order valence-corrected chi connectivity index (χ1v) is 17.6. The molecule has 4 fully saturated rings. The Balaban J connectivity index is 1.63. The lowest BCUT2D eigenvalue weighted by molar-refractivity contribution is -0.386. The molecule has 2 amide bonds. The van der Waals surface area contributed by atoms with E-state index in [4.69, 9.17) is 33.2 Å². The zero-order valence-corrected chi connectivity index (χ0v) is 30.3. The van der Waals surface area contributed by atoms with Crippen LogP contribution in [0.5, 0.6) is 0 Å². The van der Waals surface area contributed by atoms with Gasteiger partial charge in [0, 0.05) is 20.3 Å². The lowest BCUT2D eigenvalue weighted by Crippen LogP contribution is -2.71. The quantitative estimate of drug-likeness (QED) is 0.0773. The molecule has 15 N–H and O–H groups in total. The Morgan fingerprint density at radius 1 is 0.732 bits per heavy atom. The summed E-state index contributed by atoms with van der Waals surface area (Å²) in [7, 11) is 0. The maximum Gasteiger partial charge on any atom is 0.364 e. The van der Waals surface area contributed by atoms with E-state index >= 15 is 0 Å². The van der Waals surface area contributed by atoms with Crippen LogP contribution in [0.3, 0.4) is 0 Å². The van der Waals surface area contributed by atoms with Gasteiger partial charge in [-0.25, -0.2) is 4.79 Å². The Labute approximate surface area is 317 Å². The number of carbonyl (C=O) groups excluding carboxylic acids is 2. The fourth-order valence-electron chi connectivity index (χ4n) is 7.00. The summed E-state index contributed by atoms with van der Waals surface area (Å²) in [5.74, 6) is -6.67. The summed E-state index contributed by atoms with van der Waals surface area (Å²) < 4.78 is 39.0. The van der Waals surface area contributed by atoms with Crippen molar-refractivity contribution in [1.29, 1.82) is 0 Å². The molecule has 0 saturated carbocycles. The van der Waals surface area contributed by atoms with E-state index in [0.717, 1.165) is 13.8 Å². The summed E-state index contributed by atoms with van der Waals surface area (Å²) in [6.45, 7) is 0.319. The lowest BCUT2D eigenvalue weighted by Gasteiger charge is -2.51. The largest absolute Gasteiger partial charge is 0.477 e. The van der Waals surface area contributed by atoms with E-state index in [1.54, 1.807) is 0 Å². The average molecular weight is 821 g/mol. The molecule has 4 heterocycles. The van der Waals surface area contributed by atoms with Gasteiger partial charge in [-0.3, -0.25) is 9.59 Å². The first-order chi connectivity index (χ1) is 26.2. The maximum atomic E-state index is 12.8. The van der Waals surface area contributed by atoms with E-state index in [9.17, 15) is 80.8 Å². The van der Waals surface area contributed by atoms with Crippen molar-refractivity contribution in [2.24, 2.45) is 0 Å². The predicted molar refractivity (Wildman–Crippen MR) is 173 cm³/mol. The molecule has 21 atom stereocenters. The SMILES string of the molecule is CC(=O)N[C@H]1[C@H](O[C@@H]2[C@H](O)[C@H](C)OC(O)[C@H]2O)O[C@H](CO)[C@@H](O[C@@H]2O[C@H](CO)[C@H](O)[C@H](O[C@]3(C(=O)O)C[C@H](O)[C@@H](NC(C)=O)[C@H]([C@H](O)[C@H](O)CO)O3)[C@H]2O)[C@@H]1O. The summed E-state index contributed by atoms with van der Waals surface area (Å²) in [6, 6.07) is -3.23. The molecule has 324 valence electrons. The van der Waals surface area contributed by atoms with Crippen LogP contribution >= 0.6 is 0 Å². The first kappa shape index (κ1) is 46.3. The standard InChI is InChI=1S/C31H52N2O23/c1-8-17(41)25(21(45)27(47)50-8)54-28-16(33-10(3)38)20(44)23(14(7-36)52-28)53-29-22(46)26(19(43)13(6-35)51-29)56-31(30(48)49)4-11(39)15(32-9(2)37)24(55-31)18(42)12(40)5-34/h8,11-29,34-36,39-47H,4-7H2,1-3H3,(H,32,37)(H,33,38)(H,48,49)/t8-,11-,12+,13+,14+,15+,16+,17+,18+,19-,20+,21-,22+,23+,24+,25+,26-,27?,28-,29-,31-/m0/s1. The Bertz CT molecular complexity index is 1320. The average Bonchev–Trinajstić information content (AvgIpc) is 3.14. The number of carboxylic acids is 1. The predicted octanol–water partition coefficient (Wildman–Crippen LogP) is -9.23. The number of hydrogen-bond donors (Lipinski definition) is 15. The minimum Gasteiger partial charge on any atom is -0.477 e. The monoisotopic (exact) mass is 820 g/mol. The van der Waals surface area contributed by atoms with Crippen LogP contribution in [0.15, 0.2) is 0 Å². The van der Waals surface area contributed by atoms with Crippen LogP contribution in [0.1, 0.15) is 27.2 Å². The van der Waals surface area contributed by atoms with Gasteiger partial charge in [0.2, 0.25) is 11.8 Å². The Morgan fingerprint density at radius 2 is 1.30 bits per heavy atom. The zero-order chi connectivity index (χ0) is 42.0. The molecule has 1 unspecified atom stereocenters. The van der Waals surface area contributed by atoms with Crippen LogP contribution in [0, 0.1) is 0 Å². The molecule has 25 heteroatoms. The number of hydrogen-bond acceptors (Lipinski definition) is 22. The summed E-state index contributed by atoms with van der Waals surface area (Å²) >= 11 is 0. The van der Waals surface area contributed by atoms with E-state index in [-0.39, 0.29) is 0 Å².